The van der Waals surface area contributed by atoms with Gasteiger partial charge in [-0.25, -0.2) is 9.36 Å². The largest absolute Gasteiger partial charge is 0.606 e. The number of aliphatic carboxylic acids is 3. The number of rotatable bonds is 19. The molecule has 0 atom stereocenters. The number of phosphoric ester groups is 2. The number of carbonyl (C=O) groups is 3. The fourth-order valence-electron chi connectivity index (χ4n) is 4.31. The Hall–Kier alpha value is -3.39. The average Bonchev–Trinajstić information content (AvgIpc) is 2.90. The summed E-state index contributed by atoms with van der Waals surface area (Å²) in [6, 6.07) is 0. The molecule has 0 fully saturated rings. The first kappa shape index (κ1) is 38.8. The summed E-state index contributed by atoms with van der Waals surface area (Å²) in [5.41, 5.74) is 0.128. The highest BCUT2D eigenvalue weighted by molar-refractivity contribution is 7.51. The van der Waals surface area contributed by atoms with Crippen molar-refractivity contribution in [3.8, 4) is 11.5 Å². The van der Waals surface area contributed by atoms with Gasteiger partial charge in [-0.15, -0.1) is 0 Å². The van der Waals surface area contributed by atoms with Crippen molar-refractivity contribution in [2.45, 2.75) is 46.7 Å². The van der Waals surface area contributed by atoms with E-state index in [0.717, 1.165) is 4.57 Å². The van der Waals surface area contributed by atoms with Crippen molar-refractivity contribution in [2.24, 2.45) is 0 Å². The van der Waals surface area contributed by atoms with E-state index in [-0.39, 0.29) is 59.8 Å². The smallest absolute Gasteiger partial charge is 0.469 e. The van der Waals surface area contributed by atoms with Crippen LogP contribution in [0.1, 0.15) is 33.6 Å². The third-order valence-corrected chi connectivity index (χ3v) is 7.42. The Kier molecular flexibility index (Phi) is 13.9. The molecule has 256 valence electrons. The van der Waals surface area contributed by atoms with Gasteiger partial charge in [0.1, 0.15) is 12.4 Å². The molecule has 0 bridgehead atoms. The number of aryl methyl sites for hydroxylation is 1. The molecule has 9 N–H and O–H groups in total. The van der Waals surface area contributed by atoms with Crippen LogP contribution in [0, 0.1) is 13.8 Å². The van der Waals surface area contributed by atoms with E-state index in [1.165, 1.54) is 36.0 Å². The molecule has 0 spiro atoms. The number of carboxylic acid groups (broad SMARTS) is 3. The van der Waals surface area contributed by atoms with Gasteiger partial charge < -0.3 is 40.2 Å². The summed E-state index contributed by atoms with van der Waals surface area (Å²) in [6.45, 7) is -1.67. The minimum Gasteiger partial charge on any atom is -0.606 e. The number of phosphoric acid groups is 2. The van der Waals surface area contributed by atoms with E-state index in [4.69, 9.17) is 9.79 Å². The first-order valence-electron chi connectivity index (χ1n) is 13.1. The molecule has 0 saturated heterocycles. The summed E-state index contributed by atoms with van der Waals surface area (Å²) >= 11 is 0. The first-order chi connectivity index (χ1) is 21.2. The molecule has 0 aliphatic rings. The van der Waals surface area contributed by atoms with Crippen LogP contribution in [-0.4, -0.2) is 104 Å². The molecule has 0 unspecified atom stereocenters. The highest BCUT2D eigenvalue weighted by Crippen LogP contribution is 2.42. The minimum absolute atomic E-state index is 0.0358. The molecule has 46 heavy (non-hydrogen) atoms. The molecule has 0 aliphatic heterocycles. The molecule has 20 nitrogen and oxygen atoms in total. The highest BCUT2D eigenvalue weighted by Gasteiger charge is 2.28. The Morgan fingerprint density at radius 2 is 1.43 bits per heavy atom. The zero-order chi connectivity index (χ0) is 35.0. The summed E-state index contributed by atoms with van der Waals surface area (Å²) in [5.74, 6) is -4.82. The Morgan fingerprint density at radius 3 is 1.89 bits per heavy atom. The Morgan fingerprint density at radius 1 is 0.913 bits per heavy atom. The van der Waals surface area contributed by atoms with E-state index in [1.807, 2.05) is 0 Å². The zero-order valence-electron chi connectivity index (χ0n) is 24.6. The summed E-state index contributed by atoms with van der Waals surface area (Å²) in [6.07, 6.45) is 2.37. The lowest BCUT2D eigenvalue weighted by molar-refractivity contribution is -0.692. The van der Waals surface area contributed by atoms with Crippen molar-refractivity contribution >= 4 is 33.9 Å². The fraction of sp³-hybridized carbons (Fsp3) is 0.458. The van der Waals surface area contributed by atoms with Gasteiger partial charge in [0, 0.05) is 56.0 Å². The van der Waals surface area contributed by atoms with Gasteiger partial charge in [-0.05, 0) is 6.92 Å². The van der Waals surface area contributed by atoms with Gasteiger partial charge in [-0.1, -0.05) is 0 Å². The summed E-state index contributed by atoms with van der Waals surface area (Å²) in [4.78, 5) is 89.0. The minimum atomic E-state index is -5.03. The van der Waals surface area contributed by atoms with Crippen molar-refractivity contribution < 1.29 is 82.6 Å². The maximum absolute atomic E-state index is 11.7. The van der Waals surface area contributed by atoms with Crippen molar-refractivity contribution in [1.29, 1.82) is 0 Å². The second-order valence-corrected chi connectivity index (χ2v) is 12.5. The first-order valence-corrected chi connectivity index (χ1v) is 16.1. The highest BCUT2D eigenvalue weighted by atomic mass is 31.2. The van der Waals surface area contributed by atoms with Gasteiger partial charge in [0.2, 0.25) is 12.2 Å². The van der Waals surface area contributed by atoms with Crippen molar-refractivity contribution in [3.63, 3.8) is 0 Å². The van der Waals surface area contributed by atoms with Crippen LogP contribution >= 0.6 is 16.0 Å². The van der Waals surface area contributed by atoms with E-state index in [1.54, 1.807) is 0 Å². The molecule has 0 aliphatic carbocycles. The predicted octanol–water partition coefficient (Wildman–Crippen LogP) is -1.90. The number of aromatic hydroxyl groups is 2. The predicted molar refractivity (Wildman–Crippen MR) is 150 cm³/mol. The standard InChI is InChI=1S/C24H34N4O16P2/c1-14-23(35)18(16(5-25-14)12-43-45(37,38)39)7-26(9-20(29)30)3-4-27(10-21(31)32)8-19-17(13-44-46(40,41)42)6-28(11-22(33)34)15(2)24(19)36/h5-6H,3-4,7-13H2,1-2H3,(H8-,29,30,31,32,33,34,35,36,37,38,39,40,41,42)/p+1. The third-order valence-electron chi connectivity index (χ3n) is 6.48. The second kappa shape index (κ2) is 16.4. The number of pyridine rings is 2. The number of nitrogens with zero attached hydrogens (tertiary/aromatic N) is 4. The molecule has 2 aromatic heterocycles. The zero-order valence-corrected chi connectivity index (χ0v) is 26.4. The normalized spacial score (nSPS) is 12.2. The van der Waals surface area contributed by atoms with Gasteiger partial charge in [0.05, 0.1) is 31.0 Å². The summed E-state index contributed by atoms with van der Waals surface area (Å²) in [5, 5.41) is 49.9. The van der Waals surface area contributed by atoms with Crippen LogP contribution < -0.4 is 9.46 Å². The topological polar surface area (TPSA) is 315 Å². The summed E-state index contributed by atoms with van der Waals surface area (Å²) in [7, 11) is -9.96. The van der Waals surface area contributed by atoms with Crippen molar-refractivity contribution in [3.05, 3.63) is 46.0 Å². The maximum Gasteiger partial charge on any atom is 0.469 e. The van der Waals surface area contributed by atoms with Crippen LogP contribution in [0.2, 0.25) is 0 Å². The quantitative estimate of drug-likeness (QED) is 0.0572. The van der Waals surface area contributed by atoms with Gasteiger partial charge in [-0.2, -0.15) is 18.9 Å². The van der Waals surface area contributed by atoms with Crippen molar-refractivity contribution in [1.82, 2.24) is 14.8 Å². The number of hydrogen-bond acceptors (Lipinski definition) is 14. The number of hydrogen-bond donors (Lipinski definition) is 9. The van der Waals surface area contributed by atoms with Crippen LogP contribution in [0.15, 0.2) is 12.4 Å². The van der Waals surface area contributed by atoms with E-state index in [9.17, 15) is 59.2 Å². The molecule has 0 amide bonds. The molecule has 22 heteroatoms. The van der Waals surface area contributed by atoms with Gasteiger partial charge in [0.25, 0.3) is 0 Å². The van der Waals surface area contributed by atoms with E-state index in [2.05, 4.69) is 14.0 Å². The molecule has 2 heterocycles. The lowest BCUT2D eigenvalue weighted by atomic mass is 10.1. The lowest BCUT2D eigenvalue weighted by Crippen LogP contribution is -2.42. The second-order valence-electron chi connectivity index (χ2n) is 10.0. The van der Waals surface area contributed by atoms with Gasteiger partial charge >= 0.3 is 33.9 Å². The molecular formula is C24H35N4O16P2+. The molecule has 0 saturated carbocycles. The van der Waals surface area contributed by atoms with Crippen molar-refractivity contribution in [2.75, 3.05) is 26.2 Å². The Balaban J connectivity index is 2.45. The monoisotopic (exact) mass is 697 g/mol. The van der Waals surface area contributed by atoms with E-state index >= 15 is 0 Å². The van der Waals surface area contributed by atoms with Crippen LogP contribution in [0.5, 0.6) is 11.5 Å². The number of carboxylic acids is 3. The van der Waals surface area contributed by atoms with Crippen LogP contribution in [0.25, 0.3) is 0 Å². The maximum atomic E-state index is 11.7. The molecule has 0 aromatic carbocycles. The van der Waals surface area contributed by atoms with Gasteiger partial charge in [0.15, 0.2) is 11.9 Å². The van der Waals surface area contributed by atoms with Crippen LogP contribution in [-0.2, 0) is 60.8 Å². The molecular weight excluding hydrogens is 662 g/mol. The van der Waals surface area contributed by atoms with Crippen LogP contribution in [0.3, 0.4) is 0 Å². The Labute approximate surface area is 261 Å². The Bertz CT molecular complexity index is 1480. The lowest BCUT2D eigenvalue weighted by Gasteiger charge is -2.27. The fourth-order valence-corrected chi connectivity index (χ4v) is 4.93. The SMILES string of the molecule is Cc1ncc(CO[P+]([O-])(O)O)c(CN(CCN(CC(=O)O)Cc2c(COP(=O)(O)O)c[n+](CC(=O)O)c(C)c2O)CC(=O)O)c1O. The van der Waals surface area contributed by atoms with Crippen LogP contribution in [0.4, 0.5) is 0 Å². The van der Waals surface area contributed by atoms with E-state index < -0.39 is 78.2 Å². The summed E-state index contributed by atoms with van der Waals surface area (Å²) < 4.78 is 21.5. The van der Waals surface area contributed by atoms with Gasteiger partial charge in [-0.3, -0.25) is 28.9 Å². The number of aromatic nitrogens is 2. The molecule has 0 radical (unpaired) electrons. The van der Waals surface area contributed by atoms with E-state index in [0.29, 0.717) is 0 Å². The average molecular weight is 698 g/mol. The molecule has 2 aromatic rings. The molecule has 2 rings (SSSR count). The third kappa shape index (κ3) is 12.8.